The van der Waals surface area contributed by atoms with Crippen LogP contribution in [0.5, 0.6) is 0 Å². The molecule has 1 aromatic carbocycles. The number of nitrogens with one attached hydrogen (secondary N) is 1. The molecule has 0 radical (unpaired) electrons. The summed E-state index contributed by atoms with van der Waals surface area (Å²) in [5, 5.41) is 3.05. The average Bonchev–Trinajstić information content (AvgIpc) is 2.53. The second kappa shape index (κ2) is 10.4. The summed E-state index contributed by atoms with van der Waals surface area (Å²) < 4.78 is 0. The van der Waals surface area contributed by atoms with E-state index in [2.05, 4.69) is 19.2 Å². The fraction of sp³-hybridized carbons (Fsp3) is 0.611. The number of amides is 1. The van der Waals surface area contributed by atoms with E-state index in [4.69, 9.17) is 5.73 Å². The Kier molecular flexibility index (Phi) is 8.76. The van der Waals surface area contributed by atoms with Crippen molar-refractivity contribution >= 4 is 5.91 Å². The normalized spacial score (nSPS) is 13.7. The van der Waals surface area contributed by atoms with Gasteiger partial charge in [0.15, 0.2) is 0 Å². The molecule has 0 aliphatic carbocycles. The van der Waals surface area contributed by atoms with Gasteiger partial charge >= 0.3 is 0 Å². The van der Waals surface area contributed by atoms with Crippen molar-refractivity contribution in [2.45, 2.75) is 58.4 Å². The quantitative estimate of drug-likeness (QED) is 0.688. The maximum Gasteiger partial charge on any atom is 0.220 e. The highest BCUT2D eigenvalue weighted by atomic mass is 16.1. The Balaban J connectivity index is 2.24. The average molecular weight is 290 g/mol. The largest absolute Gasteiger partial charge is 0.356 e. The lowest BCUT2D eigenvalue weighted by Gasteiger charge is -2.16. The molecule has 3 N–H and O–H groups in total. The lowest BCUT2D eigenvalue weighted by atomic mass is 9.99. The molecule has 0 bridgehead atoms. The van der Waals surface area contributed by atoms with E-state index in [1.807, 2.05) is 30.3 Å². The summed E-state index contributed by atoms with van der Waals surface area (Å²) in [4.78, 5) is 11.9. The Bertz CT molecular complexity index is 391. The summed E-state index contributed by atoms with van der Waals surface area (Å²) in [5.74, 6) is 0.730. The van der Waals surface area contributed by atoms with E-state index >= 15 is 0 Å². The first-order valence-electron chi connectivity index (χ1n) is 8.24. The Labute approximate surface area is 129 Å². The summed E-state index contributed by atoms with van der Waals surface area (Å²) in [6.07, 6.45) is 5.99. The Morgan fingerprint density at radius 3 is 2.52 bits per heavy atom. The maximum absolute atomic E-state index is 11.9. The standard InChI is InChI=1S/C18H30N2O/c1-3-5-9-15(4-2)14-20-18(21)13-12-17(19)16-10-7-6-8-11-16/h6-8,10-11,15,17H,3-5,9,12-14,19H2,1-2H3,(H,20,21). The van der Waals surface area contributed by atoms with Gasteiger partial charge in [0.25, 0.3) is 0 Å². The number of nitrogens with two attached hydrogens (primary N) is 1. The van der Waals surface area contributed by atoms with Crippen LogP contribution in [0.4, 0.5) is 0 Å². The molecule has 0 spiro atoms. The number of hydrogen-bond donors (Lipinski definition) is 2. The van der Waals surface area contributed by atoms with Crippen molar-refractivity contribution in [3.8, 4) is 0 Å². The molecule has 0 aliphatic heterocycles. The first-order chi connectivity index (χ1) is 10.2. The predicted molar refractivity (Wildman–Crippen MR) is 88.9 cm³/mol. The third-order valence-electron chi connectivity index (χ3n) is 4.04. The first kappa shape index (κ1) is 17.7. The zero-order valence-corrected chi connectivity index (χ0v) is 13.5. The zero-order chi connectivity index (χ0) is 15.5. The molecule has 0 fully saturated rings. The SMILES string of the molecule is CCCCC(CC)CNC(=O)CCC(N)c1ccccc1. The molecular formula is C18H30N2O. The smallest absolute Gasteiger partial charge is 0.220 e. The molecule has 2 unspecified atom stereocenters. The van der Waals surface area contributed by atoms with Gasteiger partial charge in [0.2, 0.25) is 5.91 Å². The topological polar surface area (TPSA) is 55.1 Å². The number of benzene rings is 1. The molecule has 118 valence electrons. The van der Waals surface area contributed by atoms with Crippen LogP contribution >= 0.6 is 0 Å². The molecule has 1 amide bonds. The number of rotatable bonds is 10. The second-order valence-corrected chi connectivity index (χ2v) is 5.78. The molecular weight excluding hydrogens is 260 g/mol. The summed E-state index contributed by atoms with van der Waals surface area (Å²) in [6, 6.07) is 9.91. The van der Waals surface area contributed by atoms with Gasteiger partial charge in [-0.05, 0) is 24.3 Å². The van der Waals surface area contributed by atoms with Crippen molar-refractivity contribution in [3.05, 3.63) is 35.9 Å². The van der Waals surface area contributed by atoms with Crippen molar-refractivity contribution in [2.75, 3.05) is 6.54 Å². The van der Waals surface area contributed by atoms with Crippen molar-refractivity contribution in [1.82, 2.24) is 5.32 Å². The minimum atomic E-state index is -0.0565. The monoisotopic (exact) mass is 290 g/mol. The van der Waals surface area contributed by atoms with Crippen molar-refractivity contribution in [3.63, 3.8) is 0 Å². The minimum Gasteiger partial charge on any atom is -0.356 e. The maximum atomic E-state index is 11.9. The molecule has 0 aromatic heterocycles. The Morgan fingerprint density at radius 1 is 1.19 bits per heavy atom. The zero-order valence-electron chi connectivity index (χ0n) is 13.5. The van der Waals surface area contributed by atoms with Crippen LogP contribution < -0.4 is 11.1 Å². The lowest BCUT2D eigenvalue weighted by Crippen LogP contribution is -2.29. The van der Waals surface area contributed by atoms with Gasteiger partial charge in [-0.2, -0.15) is 0 Å². The van der Waals surface area contributed by atoms with Crippen LogP contribution in [0.1, 0.15) is 64.0 Å². The molecule has 1 aromatic rings. The molecule has 0 heterocycles. The summed E-state index contributed by atoms with van der Waals surface area (Å²) in [6.45, 7) is 5.20. The van der Waals surface area contributed by atoms with Gasteiger partial charge in [0.05, 0.1) is 0 Å². The van der Waals surface area contributed by atoms with Gasteiger partial charge in [-0.25, -0.2) is 0 Å². The van der Waals surface area contributed by atoms with Crippen LogP contribution in [-0.2, 0) is 4.79 Å². The van der Waals surface area contributed by atoms with E-state index in [0.29, 0.717) is 18.8 Å². The molecule has 3 nitrogen and oxygen atoms in total. The van der Waals surface area contributed by atoms with E-state index in [-0.39, 0.29) is 11.9 Å². The van der Waals surface area contributed by atoms with Gasteiger partial charge in [-0.1, -0.05) is 63.4 Å². The van der Waals surface area contributed by atoms with E-state index in [9.17, 15) is 4.79 Å². The fourth-order valence-corrected chi connectivity index (χ4v) is 2.44. The fourth-order valence-electron chi connectivity index (χ4n) is 2.44. The van der Waals surface area contributed by atoms with Crippen LogP contribution in [-0.4, -0.2) is 12.5 Å². The van der Waals surface area contributed by atoms with Crippen LogP contribution in [0.15, 0.2) is 30.3 Å². The van der Waals surface area contributed by atoms with Gasteiger partial charge in [0, 0.05) is 19.0 Å². The van der Waals surface area contributed by atoms with E-state index < -0.39 is 0 Å². The highest BCUT2D eigenvalue weighted by Gasteiger charge is 2.11. The van der Waals surface area contributed by atoms with Crippen LogP contribution in [0.25, 0.3) is 0 Å². The van der Waals surface area contributed by atoms with Gasteiger partial charge in [0.1, 0.15) is 0 Å². The third kappa shape index (κ3) is 7.28. The van der Waals surface area contributed by atoms with Crippen LogP contribution in [0.3, 0.4) is 0 Å². The highest BCUT2D eigenvalue weighted by Crippen LogP contribution is 2.15. The van der Waals surface area contributed by atoms with Gasteiger partial charge < -0.3 is 11.1 Å². The lowest BCUT2D eigenvalue weighted by molar-refractivity contribution is -0.121. The molecule has 21 heavy (non-hydrogen) atoms. The van der Waals surface area contributed by atoms with E-state index in [1.165, 1.54) is 19.3 Å². The highest BCUT2D eigenvalue weighted by molar-refractivity contribution is 5.75. The van der Waals surface area contributed by atoms with Crippen molar-refractivity contribution < 1.29 is 4.79 Å². The number of hydrogen-bond acceptors (Lipinski definition) is 2. The third-order valence-corrected chi connectivity index (χ3v) is 4.04. The molecule has 0 saturated carbocycles. The van der Waals surface area contributed by atoms with Gasteiger partial charge in [-0.15, -0.1) is 0 Å². The number of carbonyl (C=O) groups is 1. The summed E-state index contributed by atoms with van der Waals surface area (Å²) >= 11 is 0. The van der Waals surface area contributed by atoms with Crippen molar-refractivity contribution in [1.29, 1.82) is 0 Å². The number of unbranched alkanes of at least 4 members (excludes halogenated alkanes) is 1. The Morgan fingerprint density at radius 2 is 1.90 bits per heavy atom. The summed E-state index contributed by atoms with van der Waals surface area (Å²) in [5.41, 5.74) is 7.21. The molecule has 0 saturated heterocycles. The van der Waals surface area contributed by atoms with E-state index in [1.54, 1.807) is 0 Å². The van der Waals surface area contributed by atoms with Gasteiger partial charge in [-0.3, -0.25) is 4.79 Å². The van der Waals surface area contributed by atoms with Crippen LogP contribution in [0.2, 0.25) is 0 Å². The molecule has 1 rings (SSSR count). The molecule has 0 aliphatic rings. The van der Waals surface area contributed by atoms with E-state index in [0.717, 1.165) is 18.5 Å². The molecule has 3 heteroatoms. The van der Waals surface area contributed by atoms with Crippen LogP contribution in [0, 0.1) is 5.92 Å². The minimum absolute atomic E-state index is 0.0565. The number of carbonyl (C=O) groups excluding carboxylic acids is 1. The van der Waals surface area contributed by atoms with Crippen molar-refractivity contribution in [2.24, 2.45) is 11.7 Å². The molecule has 2 atom stereocenters. The summed E-state index contributed by atoms with van der Waals surface area (Å²) in [7, 11) is 0. The second-order valence-electron chi connectivity index (χ2n) is 5.78. The predicted octanol–water partition coefficient (Wildman–Crippen LogP) is 3.80. The Hall–Kier alpha value is -1.35. The first-order valence-corrected chi connectivity index (χ1v) is 8.24.